The van der Waals surface area contributed by atoms with Crippen LogP contribution < -0.4 is 18.9 Å². The van der Waals surface area contributed by atoms with Crippen LogP contribution in [0.4, 0.5) is 0 Å². The summed E-state index contributed by atoms with van der Waals surface area (Å²) in [6.45, 7) is 0. The molecule has 0 N–H and O–H groups in total. The van der Waals surface area contributed by atoms with E-state index in [0.717, 1.165) is 87.6 Å². The molecule has 8 aromatic carbocycles. The van der Waals surface area contributed by atoms with E-state index in [4.69, 9.17) is 31.8 Å². The van der Waals surface area contributed by atoms with Gasteiger partial charge in [0.05, 0.1) is 28.4 Å². The van der Waals surface area contributed by atoms with Crippen molar-refractivity contribution in [2.24, 2.45) is 0 Å². The summed E-state index contributed by atoms with van der Waals surface area (Å²) in [4.78, 5) is 0. The molecule has 0 aliphatic rings. The van der Waals surface area contributed by atoms with Crippen molar-refractivity contribution in [1.82, 2.24) is 0 Å². The van der Waals surface area contributed by atoms with Crippen LogP contribution in [0.3, 0.4) is 0 Å². The summed E-state index contributed by atoms with van der Waals surface area (Å²) in [6, 6.07) is 40.2. The van der Waals surface area contributed by atoms with Gasteiger partial charge in [0.2, 0.25) is 0 Å². The van der Waals surface area contributed by atoms with Crippen LogP contribution in [0.1, 0.15) is 22.3 Å². The summed E-state index contributed by atoms with van der Waals surface area (Å²) in [5, 5.41) is 7.70. The second-order valence-electron chi connectivity index (χ2n) is 13.0. The van der Waals surface area contributed by atoms with Crippen molar-refractivity contribution in [1.29, 1.82) is 0 Å². The van der Waals surface area contributed by atoms with E-state index in [1.807, 2.05) is 84.9 Å². The molecule has 0 radical (unpaired) electrons. The number of fused-ring (bicyclic) bond motifs is 4. The van der Waals surface area contributed by atoms with Crippen LogP contribution in [0.15, 0.2) is 121 Å². The lowest BCUT2D eigenvalue weighted by Gasteiger charge is -2.19. The Bertz CT molecular complexity index is 2900. The largest absolute Gasteiger partial charge is 0.496 e. The Balaban J connectivity index is 1.28. The van der Waals surface area contributed by atoms with Crippen molar-refractivity contribution in [3.8, 4) is 93.6 Å². The zero-order valence-electron chi connectivity index (χ0n) is 31.3. The molecule has 0 aromatic heterocycles. The Labute approximate surface area is 326 Å². The van der Waals surface area contributed by atoms with Gasteiger partial charge in [-0.1, -0.05) is 121 Å². The summed E-state index contributed by atoms with van der Waals surface area (Å²) in [7, 11) is 6.64. The number of hydrogen-bond acceptors (Lipinski definition) is 4. The zero-order valence-corrected chi connectivity index (χ0v) is 31.3. The second-order valence-corrected chi connectivity index (χ2v) is 13.0. The lowest BCUT2D eigenvalue weighted by molar-refractivity contribution is 0.411. The lowest BCUT2D eigenvalue weighted by atomic mass is 9.89. The van der Waals surface area contributed by atoms with E-state index in [9.17, 15) is 0 Å². The fourth-order valence-electron chi connectivity index (χ4n) is 7.72. The minimum absolute atomic E-state index is 0.655. The van der Waals surface area contributed by atoms with E-state index in [2.05, 4.69) is 71.9 Å². The van der Waals surface area contributed by atoms with E-state index in [-0.39, 0.29) is 0 Å². The van der Waals surface area contributed by atoms with E-state index in [1.54, 1.807) is 28.4 Å². The van der Waals surface area contributed by atoms with Crippen LogP contribution in [0.2, 0.25) is 0 Å². The maximum atomic E-state index is 6.07. The molecule has 0 aliphatic carbocycles. The second kappa shape index (κ2) is 14.9. The third kappa shape index (κ3) is 5.85. The average molecular weight is 723 g/mol. The molecular weight excluding hydrogens is 689 g/mol. The van der Waals surface area contributed by atoms with Crippen molar-refractivity contribution in [2.45, 2.75) is 0 Å². The molecule has 0 amide bonds. The summed E-state index contributed by atoms with van der Waals surface area (Å²) >= 11 is 0. The molecule has 4 nitrogen and oxygen atoms in total. The molecular formula is C52H34O4. The van der Waals surface area contributed by atoms with Gasteiger partial charge in [-0.25, -0.2) is 0 Å². The molecule has 4 heteroatoms. The molecule has 0 heterocycles. The third-order valence-electron chi connectivity index (χ3n) is 10.2. The maximum absolute atomic E-state index is 6.07. The number of hydrogen-bond donors (Lipinski definition) is 0. The van der Waals surface area contributed by atoms with Gasteiger partial charge in [-0.3, -0.25) is 0 Å². The molecule has 8 aromatic rings. The Hall–Kier alpha value is -7.76. The number of methoxy groups -OCH3 is 4. The zero-order chi connectivity index (χ0) is 38.8. The summed E-state index contributed by atoms with van der Waals surface area (Å²) in [6.07, 6.45) is 11.9. The fraction of sp³-hybridized carbons (Fsp3) is 0.0769. The number of rotatable bonds is 6. The first-order valence-corrected chi connectivity index (χ1v) is 17.9. The first-order valence-electron chi connectivity index (χ1n) is 17.9. The molecule has 0 fully saturated rings. The highest BCUT2D eigenvalue weighted by molar-refractivity contribution is 6.13. The quantitative estimate of drug-likeness (QED) is 0.160. The van der Waals surface area contributed by atoms with E-state index < -0.39 is 0 Å². The van der Waals surface area contributed by atoms with Gasteiger partial charge in [0, 0.05) is 44.5 Å². The molecule has 0 saturated heterocycles. The smallest absolute Gasteiger partial charge is 0.128 e. The summed E-state index contributed by atoms with van der Waals surface area (Å²) in [5.41, 5.74) is 6.68. The van der Waals surface area contributed by atoms with Crippen LogP contribution >= 0.6 is 0 Å². The summed E-state index contributed by atoms with van der Waals surface area (Å²) in [5.74, 6) is 21.2. The van der Waals surface area contributed by atoms with Crippen molar-refractivity contribution < 1.29 is 18.9 Å². The van der Waals surface area contributed by atoms with Crippen molar-refractivity contribution >= 4 is 43.1 Å². The van der Waals surface area contributed by atoms with E-state index >= 15 is 0 Å². The minimum atomic E-state index is 0.655. The van der Waals surface area contributed by atoms with Crippen LogP contribution in [0, 0.1) is 48.4 Å². The van der Waals surface area contributed by atoms with Crippen LogP contribution in [0.25, 0.3) is 65.3 Å². The van der Waals surface area contributed by atoms with Gasteiger partial charge in [-0.15, -0.1) is 12.8 Å². The van der Waals surface area contributed by atoms with Crippen molar-refractivity contribution in [2.75, 3.05) is 28.4 Å². The highest BCUT2D eigenvalue weighted by Gasteiger charge is 2.23. The van der Waals surface area contributed by atoms with E-state index in [1.165, 1.54) is 0 Å². The van der Waals surface area contributed by atoms with Crippen LogP contribution in [0.5, 0.6) is 23.0 Å². The monoisotopic (exact) mass is 722 g/mol. The Kier molecular flexibility index (Phi) is 9.41. The van der Waals surface area contributed by atoms with Gasteiger partial charge in [0.25, 0.3) is 0 Å². The average Bonchev–Trinajstić information content (AvgIpc) is 3.26. The van der Waals surface area contributed by atoms with Gasteiger partial charge in [-0.05, 0) is 79.2 Å². The fourth-order valence-corrected chi connectivity index (χ4v) is 7.72. The van der Waals surface area contributed by atoms with Crippen LogP contribution in [-0.2, 0) is 0 Å². The number of ether oxygens (including phenoxy) is 4. The molecule has 0 atom stereocenters. The predicted octanol–water partition coefficient (Wildman–Crippen LogP) is 11.0. The summed E-state index contributed by atoms with van der Waals surface area (Å²) < 4.78 is 24.0. The van der Waals surface area contributed by atoms with Crippen molar-refractivity contribution in [3.05, 3.63) is 144 Å². The number of terminal acetylenes is 2. The van der Waals surface area contributed by atoms with Crippen molar-refractivity contribution in [3.63, 3.8) is 0 Å². The van der Waals surface area contributed by atoms with E-state index in [0.29, 0.717) is 23.0 Å². The Morgan fingerprint density at radius 1 is 0.339 bits per heavy atom. The maximum Gasteiger partial charge on any atom is 0.128 e. The van der Waals surface area contributed by atoms with Gasteiger partial charge in [0.1, 0.15) is 23.0 Å². The molecule has 0 saturated carbocycles. The Morgan fingerprint density at radius 2 is 0.571 bits per heavy atom. The molecule has 56 heavy (non-hydrogen) atoms. The minimum Gasteiger partial charge on any atom is -0.496 e. The first kappa shape index (κ1) is 35.3. The first-order chi connectivity index (χ1) is 27.5. The lowest BCUT2D eigenvalue weighted by Crippen LogP contribution is -1.97. The standard InChI is InChI=1S/C52H34O4/c1-7-33-29-45(53-3)49(41-25-15-11-21-37(33)41)51-43-27-17-13-23-39(43)35(31-47(51)55-5)19-9-10-20-36-32-48(56-6)52(44-28-18-14-24-40(36)44)50-42-26-16-12-22-38(42)34(8-2)30-46(50)54-4/h1-2,11-18,21-32H,3-6H3. The molecule has 0 spiro atoms. The topological polar surface area (TPSA) is 36.9 Å². The third-order valence-corrected chi connectivity index (χ3v) is 10.2. The highest BCUT2D eigenvalue weighted by atomic mass is 16.5. The van der Waals surface area contributed by atoms with Gasteiger partial charge >= 0.3 is 0 Å². The van der Waals surface area contributed by atoms with Gasteiger partial charge < -0.3 is 18.9 Å². The molecule has 0 unspecified atom stereocenters. The molecule has 8 rings (SSSR count). The predicted molar refractivity (Wildman–Crippen MR) is 230 cm³/mol. The molecule has 266 valence electrons. The number of benzene rings is 8. The molecule has 0 bridgehead atoms. The van der Waals surface area contributed by atoms with Gasteiger partial charge in [-0.2, -0.15) is 0 Å². The highest BCUT2D eigenvalue weighted by Crippen LogP contribution is 2.48. The SMILES string of the molecule is C#Cc1cc(OC)c(-c2c(OC)cc(C#CC#Cc3cc(OC)c(-c4c(OC)cc(C#C)c5ccccc45)c4ccccc34)c3ccccc23)c2ccccc12. The normalized spacial score (nSPS) is 10.5. The Morgan fingerprint density at radius 3 is 0.821 bits per heavy atom. The van der Waals surface area contributed by atoms with Crippen LogP contribution in [-0.4, -0.2) is 28.4 Å². The molecule has 0 aliphatic heterocycles. The van der Waals surface area contributed by atoms with Gasteiger partial charge in [0.15, 0.2) is 0 Å².